The number of hydrogen-bond donors (Lipinski definition) is 2. The van der Waals surface area contributed by atoms with E-state index in [-0.39, 0.29) is 22.1 Å². The molecule has 1 unspecified atom stereocenters. The van der Waals surface area contributed by atoms with Gasteiger partial charge >= 0.3 is 11.9 Å². The van der Waals surface area contributed by atoms with E-state index in [0.29, 0.717) is 17.1 Å². The average Bonchev–Trinajstić information content (AvgIpc) is 2.89. The molecule has 1 aromatic carbocycles. The molecule has 0 spiro atoms. The van der Waals surface area contributed by atoms with Gasteiger partial charge < -0.3 is 19.7 Å². The Kier molecular flexibility index (Phi) is 6.81. The second-order valence-corrected chi connectivity index (χ2v) is 7.13. The van der Waals surface area contributed by atoms with Crippen molar-refractivity contribution in [2.75, 3.05) is 14.2 Å². The lowest BCUT2D eigenvalue weighted by atomic mass is 10.1. The van der Waals surface area contributed by atoms with Crippen LogP contribution in [0.1, 0.15) is 18.4 Å². The first-order chi connectivity index (χ1) is 12.8. The molecule has 2 N–H and O–H groups in total. The summed E-state index contributed by atoms with van der Waals surface area (Å²) < 4.78 is 10.5. The van der Waals surface area contributed by atoms with Crippen molar-refractivity contribution in [1.29, 1.82) is 0 Å². The zero-order valence-corrected chi connectivity index (χ0v) is 16.1. The van der Waals surface area contributed by atoms with Crippen molar-refractivity contribution in [1.82, 2.24) is 4.90 Å². The second kappa shape index (κ2) is 8.87. The van der Waals surface area contributed by atoms with E-state index in [2.05, 4.69) is 0 Å². The Bertz CT molecular complexity index is 821. The van der Waals surface area contributed by atoms with Gasteiger partial charge in [-0.3, -0.25) is 14.5 Å². The van der Waals surface area contributed by atoms with Crippen LogP contribution in [0.25, 0.3) is 6.08 Å². The first kappa shape index (κ1) is 20.7. The van der Waals surface area contributed by atoms with Gasteiger partial charge in [-0.1, -0.05) is 30.0 Å². The third-order valence-corrected chi connectivity index (χ3v) is 5.09. The summed E-state index contributed by atoms with van der Waals surface area (Å²) in [5, 5.41) is 18.2. The Morgan fingerprint density at radius 1 is 1.26 bits per heavy atom. The maximum atomic E-state index is 12.7. The molecule has 2 rings (SSSR count). The Morgan fingerprint density at radius 2 is 1.93 bits per heavy atom. The fraction of sp³-hybridized carbons (Fsp3) is 0.294. The monoisotopic (exact) mass is 411 g/mol. The Labute approximate surface area is 164 Å². The fourth-order valence-corrected chi connectivity index (χ4v) is 3.82. The van der Waals surface area contributed by atoms with Crippen molar-refractivity contribution in [3.05, 3.63) is 28.7 Å². The van der Waals surface area contributed by atoms with Crippen LogP contribution in [0.2, 0.25) is 0 Å². The Hall–Kier alpha value is -2.59. The number of carbonyl (C=O) groups excluding carboxylic acids is 1. The number of amides is 1. The van der Waals surface area contributed by atoms with E-state index < -0.39 is 23.9 Å². The number of hydrogen-bond acceptors (Lipinski definition) is 7. The van der Waals surface area contributed by atoms with Gasteiger partial charge in [-0.15, -0.1) is 0 Å². The van der Waals surface area contributed by atoms with Gasteiger partial charge in [0.25, 0.3) is 5.91 Å². The number of thiocarbonyl (C=S) groups is 1. The number of carboxylic acid groups (broad SMARTS) is 2. The lowest BCUT2D eigenvalue weighted by Crippen LogP contribution is -2.44. The SMILES string of the molecule is COc1ccc(/C=C2\SC(=S)N(C(CCC(=O)O)C(=O)O)C2=O)cc1OC. The van der Waals surface area contributed by atoms with Crippen LogP contribution in [-0.2, 0) is 14.4 Å². The molecule has 1 amide bonds. The van der Waals surface area contributed by atoms with Gasteiger partial charge in [0.15, 0.2) is 11.5 Å². The molecule has 0 aliphatic carbocycles. The topological polar surface area (TPSA) is 113 Å². The summed E-state index contributed by atoms with van der Waals surface area (Å²) in [6, 6.07) is 3.74. The quantitative estimate of drug-likeness (QED) is 0.491. The summed E-state index contributed by atoms with van der Waals surface area (Å²) in [4.78, 5) is 36.1. The zero-order chi connectivity index (χ0) is 20.1. The van der Waals surface area contributed by atoms with E-state index in [0.717, 1.165) is 16.7 Å². The van der Waals surface area contributed by atoms with Crippen LogP contribution in [0.5, 0.6) is 11.5 Å². The number of benzene rings is 1. The zero-order valence-electron chi connectivity index (χ0n) is 14.5. The van der Waals surface area contributed by atoms with E-state index in [9.17, 15) is 19.5 Å². The predicted molar refractivity (Wildman–Crippen MR) is 103 cm³/mol. The van der Waals surface area contributed by atoms with Gasteiger partial charge in [-0.25, -0.2) is 4.79 Å². The predicted octanol–water partition coefficient (Wildman–Crippen LogP) is 2.22. The highest BCUT2D eigenvalue weighted by Crippen LogP contribution is 2.36. The number of thioether (sulfide) groups is 1. The standard InChI is InChI=1S/C17H17NO7S2/c1-24-11-5-3-9(7-12(11)25-2)8-13-15(21)18(17(26)27-13)10(16(22)23)4-6-14(19)20/h3,5,7-8,10H,4,6H2,1-2H3,(H,19,20)(H,22,23)/b13-8-. The number of carboxylic acids is 2. The smallest absolute Gasteiger partial charge is 0.326 e. The minimum atomic E-state index is -1.33. The summed E-state index contributed by atoms with van der Waals surface area (Å²) in [5.41, 5.74) is 0.644. The van der Waals surface area contributed by atoms with E-state index in [4.69, 9.17) is 26.8 Å². The van der Waals surface area contributed by atoms with Crippen LogP contribution < -0.4 is 9.47 Å². The maximum Gasteiger partial charge on any atom is 0.326 e. The second-order valence-electron chi connectivity index (χ2n) is 5.45. The van der Waals surface area contributed by atoms with Gasteiger partial charge in [0, 0.05) is 6.42 Å². The average molecular weight is 411 g/mol. The van der Waals surface area contributed by atoms with Crippen LogP contribution in [0.4, 0.5) is 0 Å². The van der Waals surface area contributed by atoms with Crippen LogP contribution in [-0.4, -0.2) is 57.5 Å². The molecular formula is C17H17NO7S2. The first-order valence-corrected chi connectivity index (χ1v) is 8.94. The molecule has 1 aromatic rings. The highest BCUT2D eigenvalue weighted by atomic mass is 32.2. The minimum Gasteiger partial charge on any atom is -0.493 e. The molecule has 10 heteroatoms. The molecule has 8 nitrogen and oxygen atoms in total. The molecule has 0 bridgehead atoms. The fourth-order valence-electron chi connectivity index (χ4n) is 2.47. The van der Waals surface area contributed by atoms with Crippen molar-refractivity contribution in [3.8, 4) is 11.5 Å². The number of carbonyl (C=O) groups is 3. The number of aliphatic carboxylic acids is 2. The van der Waals surface area contributed by atoms with Crippen molar-refractivity contribution in [2.24, 2.45) is 0 Å². The first-order valence-electron chi connectivity index (χ1n) is 7.72. The van der Waals surface area contributed by atoms with Crippen LogP contribution >= 0.6 is 24.0 Å². The third-order valence-electron chi connectivity index (χ3n) is 3.76. The minimum absolute atomic E-state index is 0.0736. The lowest BCUT2D eigenvalue weighted by Gasteiger charge is -2.22. The molecule has 1 aliphatic heterocycles. The van der Waals surface area contributed by atoms with Crippen molar-refractivity contribution in [3.63, 3.8) is 0 Å². The van der Waals surface area contributed by atoms with Gasteiger partial charge in [0.05, 0.1) is 19.1 Å². The van der Waals surface area contributed by atoms with E-state index in [1.165, 1.54) is 14.2 Å². The van der Waals surface area contributed by atoms with E-state index >= 15 is 0 Å². The van der Waals surface area contributed by atoms with Gasteiger partial charge in [0.1, 0.15) is 10.4 Å². The Balaban J connectivity index is 2.30. The molecule has 1 atom stereocenters. The van der Waals surface area contributed by atoms with Crippen LogP contribution in [0.3, 0.4) is 0 Å². The summed E-state index contributed by atoms with van der Waals surface area (Å²) in [6.45, 7) is 0. The molecule has 27 heavy (non-hydrogen) atoms. The largest absolute Gasteiger partial charge is 0.493 e. The summed E-state index contributed by atoms with van der Waals surface area (Å²) >= 11 is 6.11. The van der Waals surface area contributed by atoms with E-state index in [1.807, 2.05) is 0 Å². The summed E-state index contributed by atoms with van der Waals surface area (Å²) in [5.74, 6) is -2.02. The third kappa shape index (κ3) is 4.77. The summed E-state index contributed by atoms with van der Waals surface area (Å²) in [7, 11) is 2.99. The normalized spacial score (nSPS) is 16.5. The maximum absolute atomic E-state index is 12.7. The van der Waals surface area contributed by atoms with Crippen LogP contribution in [0.15, 0.2) is 23.1 Å². The number of nitrogens with zero attached hydrogens (tertiary/aromatic N) is 1. The van der Waals surface area contributed by atoms with Gasteiger partial charge in [-0.05, 0) is 30.2 Å². The molecule has 1 fully saturated rings. The number of ether oxygens (including phenoxy) is 2. The molecule has 0 saturated carbocycles. The van der Waals surface area contributed by atoms with Gasteiger partial charge in [0.2, 0.25) is 0 Å². The molecular weight excluding hydrogens is 394 g/mol. The van der Waals surface area contributed by atoms with Crippen molar-refractivity contribution < 1.29 is 34.1 Å². The molecule has 144 valence electrons. The molecule has 0 aromatic heterocycles. The number of rotatable bonds is 8. The summed E-state index contributed by atoms with van der Waals surface area (Å²) in [6.07, 6.45) is 0.945. The molecule has 1 heterocycles. The van der Waals surface area contributed by atoms with Crippen molar-refractivity contribution >= 4 is 52.2 Å². The number of methoxy groups -OCH3 is 2. The molecule has 0 radical (unpaired) electrons. The highest BCUT2D eigenvalue weighted by molar-refractivity contribution is 8.26. The van der Waals surface area contributed by atoms with Gasteiger partial charge in [-0.2, -0.15) is 0 Å². The highest BCUT2D eigenvalue weighted by Gasteiger charge is 2.40. The van der Waals surface area contributed by atoms with Crippen LogP contribution in [0, 0.1) is 0 Å². The Morgan fingerprint density at radius 3 is 2.48 bits per heavy atom. The van der Waals surface area contributed by atoms with E-state index in [1.54, 1.807) is 24.3 Å². The molecule has 1 saturated heterocycles. The lowest BCUT2D eigenvalue weighted by molar-refractivity contribution is -0.146. The van der Waals surface area contributed by atoms with Crippen molar-refractivity contribution in [2.45, 2.75) is 18.9 Å². The molecule has 1 aliphatic rings.